The van der Waals surface area contributed by atoms with Crippen LogP contribution >= 0.6 is 23.5 Å². The lowest BCUT2D eigenvalue weighted by atomic mass is 9.76. The van der Waals surface area contributed by atoms with Crippen molar-refractivity contribution >= 4 is 53.1 Å². The molecule has 0 fully saturated rings. The van der Waals surface area contributed by atoms with Gasteiger partial charge in [0.05, 0.1) is 16.9 Å². The molecule has 0 bridgehead atoms. The van der Waals surface area contributed by atoms with Gasteiger partial charge in [-0.2, -0.15) is 0 Å². The lowest BCUT2D eigenvalue weighted by molar-refractivity contribution is -0.136. The van der Waals surface area contributed by atoms with Crippen LogP contribution in [-0.2, 0) is 24.7 Å². The maximum atomic E-state index is 12.8. The molecule has 0 amide bonds. The second-order valence-electron chi connectivity index (χ2n) is 9.06. The summed E-state index contributed by atoms with van der Waals surface area (Å²) < 4.78 is 0. The molecule has 1 aromatic heterocycles. The standard InChI is InChI=1S/C29H26N4O8S2/c34-22(35)16-20(25(38)39)28(19-10-5-2-6-11-19)24(18-8-3-1-4-9-18)32-29(33-28,21(26(40)41)17-23(36)37)43-15-7-14-42-27-30-12-13-31-27/h1-6,8-13,16-17,33H,7,14-15H2,(H,30,31)(H,34,35)(H,36,37)(H,38,39)(H,40,41). The summed E-state index contributed by atoms with van der Waals surface area (Å²) in [7, 11) is 0. The second-order valence-corrected chi connectivity index (χ2v) is 11.4. The number of carbonyl (C=O) groups is 4. The number of thioether (sulfide) groups is 2. The van der Waals surface area contributed by atoms with Crippen LogP contribution in [0.25, 0.3) is 0 Å². The number of nitrogens with zero attached hydrogens (tertiary/aromatic N) is 2. The van der Waals surface area contributed by atoms with E-state index in [0.29, 0.717) is 35.0 Å². The number of carboxylic acid groups (broad SMARTS) is 4. The van der Waals surface area contributed by atoms with Crippen molar-refractivity contribution < 1.29 is 39.6 Å². The number of imidazole rings is 1. The van der Waals surface area contributed by atoms with Crippen LogP contribution in [0.2, 0.25) is 0 Å². The highest BCUT2D eigenvalue weighted by molar-refractivity contribution is 8.01. The fourth-order valence-corrected chi connectivity index (χ4v) is 6.86. The molecular formula is C29H26N4O8S2. The van der Waals surface area contributed by atoms with E-state index in [4.69, 9.17) is 4.99 Å². The first-order chi connectivity index (χ1) is 20.6. The summed E-state index contributed by atoms with van der Waals surface area (Å²) in [6.07, 6.45) is 4.83. The molecule has 0 saturated heterocycles. The van der Waals surface area contributed by atoms with Gasteiger partial charge in [0.1, 0.15) is 5.54 Å². The van der Waals surface area contributed by atoms with Gasteiger partial charge in [0.15, 0.2) is 10.2 Å². The Bertz CT molecular complexity index is 1590. The van der Waals surface area contributed by atoms with E-state index < -0.39 is 45.6 Å². The van der Waals surface area contributed by atoms with Gasteiger partial charge in [-0.05, 0) is 23.3 Å². The Balaban J connectivity index is 1.96. The van der Waals surface area contributed by atoms with Gasteiger partial charge in [-0.25, -0.2) is 29.2 Å². The van der Waals surface area contributed by atoms with Crippen molar-refractivity contribution in [3.63, 3.8) is 0 Å². The third kappa shape index (κ3) is 6.88. The fourth-order valence-electron chi connectivity index (χ4n) is 4.64. The Morgan fingerprint density at radius 3 is 1.98 bits per heavy atom. The van der Waals surface area contributed by atoms with Crippen molar-refractivity contribution in [2.75, 3.05) is 11.5 Å². The van der Waals surface area contributed by atoms with Gasteiger partial charge in [0, 0.05) is 30.3 Å². The van der Waals surface area contributed by atoms with Crippen LogP contribution in [0, 0.1) is 0 Å². The number of aromatic nitrogens is 2. The van der Waals surface area contributed by atoms with Gasteiger partial charge in [0.25, 0.3) is 0 Å². The molecule has 0 saturated carbocycles. The first-order valence-electron chi connectivity index (χ1n) is 12.7. The smallest absolute Gasteiger partial charge is 0.336 e. The van der Waals surface area contributed by atoms with Gasteiger partial charge < -0.3 is 25.4 Å². The highest BCUT2D eigenvalue weighted by Crippen LogP contribution is 2.48. The minimum Gasteiger partial charge on any atom is -0.478 e. The zero-order valence-corrected chi connectivity index (χ0v) is 24.0. The normalized spacial score (nSPS) is 20.4. The summed E-state index contributed by atoms with van der Waals surface area (Å²) in [5.74, 6) is -5.49. The third-order valence-electron chi connectivity index (χ3n) is 6.31. The number of aromatic amines is 1. The van der Waals surface area contributed by atoms with E-state index in [0.717, 1.165) is 11.8 Å². The van der Waals surface area contributed by atoms with Crippen LogP contribution in [0.1, 0.15) is 17.5 Å². The number of hydrogen-bond acceptors (Lipinski definition) is 9. The van der Waals surface area contributed by atoms with Crippen molar-refractivity contribution in [3.05, 3.63) is 107 Å². The summed E-state index contributed by atoms with van der Waals surface area (Å²) in [6, 6.07) is 16.3. The highest BCUT2D eigenvalue weighted by atomic mass is 32.2. The number of benzene rings is 2. The van der Waals surface area contributed by atoms with Crippen molar-refractivity contribution in [2.24, 2.45) is 4.99 Å². The summed E-state index contributed by atoms with van der Waals surface area (Å²) in [5.41, 5.74) is -2.71. The average molecular weight is 623 g/mol. The predicted molar refractivity (Wildman–Crippen MR) is 160 cm³/mol. The zero-order valence-electron chi connectivity index (χ0n) is 22.3. The van der Waals surface area contributed by atoms with E-state index in [1.807, 2.05) is 0 Å². The van der Waals surface area contributed by atoms with Crippen LogP contribution in [0.15, 0.2) is 107 Å². The lowest BCUT2D eigenvalue weighted by Crippen LogP contribution is -2.55. The first kappa shape index (κ1) is 31.3. The average Bonchev–Trinajstić information content (AvgIpc) is 3.62. The number of rotatable bonds is 14. The van der Waals surface area contributed by atoms with Crippen molar-refractivity contribution in [2.45, 2.75) is 22.1 Å². The molecule has 222 valence electrons. The van der Waals surface area contributed by atoms with E-state index in [-0.39, 0.29) is 17.0 Å². The van der Waals surface area contributed by atoms with Crippen LogP contribution < -0.4 is 5.32 Å². The van der Waals surface area contributed by atoms with E-state index in [1.165, 1.54) is 11.8 Å². The summed E-state index contributed by atoms with van der Waals surface area (Å²) in [4.78, 5) is 59.2. The topological polar surface area (TPSA) is 202 Å². The minimum absolute atomic E-state index is 0.00389. The molecule has 43 heavy (non-hydrogen) atoms. The Labute approximate surface area is 253 Å². The van der Waals surface area contributed by atoms with Gasteiger partial charge in [-0.15, -0.1) is 11.8 Å². The predicted octanol–water partition coefficient (Wildman–Crippen LogP) is 3.46. The number of aliphatic imine (C=N–C) groups is 1. The van der Waals surface area contributed by atoms with Crippen molar-refractivity contribution in [1.82, 2.24) is 15.3 Å². The number of hydrogen-bond donors (Lipinski definition) is 6. The monoisotopic (exact) mass is 622 g/mol. The van der Waals surface area contributed by atoms with Crippen LogP contribution in [0.3, 0.4) is 0 Å². The van der Waals surface area contributed by atoms with E-state index in [1.54, 1.807) is 73.1 Å². The molecule has 2 aromatic carbocycles. The molecule has 2 unspecified atom stereocenters. The summed E-state index contributed by atoms with van der Waals surface area (Å²) >= 11 is 2.40. The zero-order chi connectivity index (χ0) is 31.0. The summed E-state index contributed by atoms with van der Waals surface area (Å²) in [5, 5.41) is 43.8. The highest BCUT2D eigenvalue weighted by Gasteiger charge is 2.58. The molecule has 6 N–H and O–H groups in total. The molecule has 3 aromatic rings. The summed E-state index contributed by atoms with van der Waals surface area (Å²) in [6.45, 7) is 0. The van der Waals surface area contributed by atoms with Gasteiger partial charge in [-0.3, -0.25) is 5.32 Å². The van der Waals surface area contributed by atoms with E-state index >= 15 is 0 Å². The Kier molecular flexibility index (Phi) is 9.85. The van der Waals surface area contributed by atoms with Crippen LogP contribution in [0.4, 0.5) is 0 Å². The molecule has 14 heteroatoms. The van der Waals surface area contributed by atoms with Crippen LogP contribution in [0.5, 0.6) is 0 Å². The second kappa shape index (κ2) is 13.5. The molecule has 4 rings (SSSR count). The maximum absolute atomic E-state index is 12.8. The number of carboxylic acids is 4. The van der Waals surface area contributed by atoms with E-state index in [2.05, 4.69) is 15.3 Å². The van der Waals surface area contributed by atoms with Gasteiger partial charge >= 0.3 is 23.9 Å². The lowest BCUT2D eigenvalue weighted by Gasteiger charge is -2.37. The maximum Gasteiger partial charge on any atom is 0.336 e. The Morgan fingerprint density at radius 2 is 1.42 bits per heavy atom. The molecule has 2 atom stereocenters. The molecular weight excluding hydrogens is 596 g/mol. The fraction of sp³-hybridized carbons (Fsp3) is 0.172. The molecule has 2 heterocycles. The van der Waals surface area contributed by atoms with Crippen LogP contribution in [-0.4, -0.2) is 76.5 Å². The van der Waals surface area contributed by atoms with Gasteiger partial charge in [0.2, 0.25) is 0 Å². The SMILES string of the molecule is O=C(O)C=C(C(=O)O)C1(SCCCSc2ncc[nH]2)N=C(c2ccccc2)C(C(=CC(=O)O)C(=O)O)(c2ccccc2)N1. The van der Waals surface area contributed by atoms with Crippen molar-refractivity contribution in [1.29, 1.82) is 0 Å². The van der Waals surface area contributed by atoms with E-state index in [9.17, 15) is 39.6 Å². The largest absolute Gasteiger partial charge is 0.478 e. The minimum atomic E-state index is -2.05. The number of nitrogens with one attached hydrogen (secondary N) is 2. The Hall–Kier alpha value is -4.66. The van der Waals surface area contributed by atoms with Crippen molar-refractivity contribution in [3.8, 4) is 0 Å². The van der Waals surface area contributed by atoms with Gasteiger partial charge in [-0.1, -0.05) is 72.4 Å². The number of H-pyrrole nitrogens is 1. The molecule has 0 aliphatic carbocycles. The quantitative estimate of drug-likeness (QED) is 0.0870. The molecule has 1 aliphatic heterocycles. The molecule has 1 aliphatic rings. The molecule has 0 spiro atoms. The number of aliphatic carboxylic acids is 4. The third-order valence-corrected chi connectivity index (χ3v) is 8.63. The first-order valence-corrected chi connectivity index (χ1v) is 14.7. The molecule has 0 radical (unpaired) electrons. The molecule has 12 nitrogen and oxygen atoms in total. The Morgan fingerprint density at radius 1 is 0.814 bits per heavy atom.